The molecule has 1 aromatic rings. The molecule has 0 heterocycles. The van der Waals surface area contributed by atoms with E-state index in [4.69, 9.17) is 5.73 Å². The Morgan fingerprint density at radius 3 is 2.38 bits per heavy atom. The van der Waals surface area contributed by atoms with Crippen LogP contribution in [0.4, 0.5) is 0 Å². The van der Waals surface area contributed by atoms with Crippen LogP contribution in [-0.4, -0.2) is 30.6 Å². The summed E-state index contributed by atoms with van der Waals surface area (Å²) in [5, 5.41) is 0. The fraction of sp³-hybridized carbons (Fsp3) is 0.684. The Balaban J connectivity index is 2.12. The zero-order valence-electron chi connectivity index (χ0n) is 14.2. The van der Waals surface area contributed by atoms with E-state index < -0.39 is 0 Å². The molecule has 0 spiro atoms. The van der Waals surface area contributed by atoms with Crippen LogP contribution in [0.15, 0.2) is 24.3 Å². The number of nitrogens with two attached hydrogens (primary N) is 1. The summed E-state index contributed by atoms with van der Waals surface area (Å²) >= 11 is 0. The van der Waals surface area contributed by atoms with Gasteiger partial charge >= 0.3 is 0 Å². The van der Waals surface area contributed by atoms with Crippen LogP contribution >= 0.6 is 0 Å². The first-order chi connectivity index (χ1) is 9.98. The summed E-state index contributed by atoms with van der Waals surface area (Å²) in [6.45, 7) is 4.57. The second-order valence-electron chi connectivity index (χ2n) is 7.18. The van der Waals surface area contributed by atoms with Gasteiger partial charge in [-0.3, -0.25) is 0 Å². The van der Waals surface area contributed by atoms with Gasteiger partial charge in [-0.1, -0.05) is 51.0 Å². The molecule has 0 amide bonds. The lowest BCUT2D eigenvalue weighted by atomic mass is 9.70. The Morgan fingerprint density at radius 2 is 1.86 bits per heavy atom. The predicted molar refractivity (Wildman–Crippen MR) is 91.5 cm³/mol. The summed E-state index contributed by atoms with van der Waals surface area (Å²) in [5.41, 5.74) is 9.65. The molecule has 0 aromatic heterocycles. The molecule has 0 radical (unpaired) electrons. The van der Waals surface area contributed by atoms with Gasteiger partial charge in [0, 0.05) is 11.6 Å². The molecule has 0 bridgehead atoms. The Morgan fingerprint density at radius 1 is 1.24 bits per heavy atom. The second kappa shape index (κ2) is 6.93. The normalized spacial score (nSPS) is 27.8. The largest absolute Gasteiger partial charge is 0.326 e. The standard InChI is InChI=1S/C19H32N2/c1-5-16-8-10-17(11-9-16)13-18(20)19(21(3)4)12-6-7-15(2)14-19/h8-11,15,18H,5-7,12-14,20H2,1-4H3. The van der Waals surface area contributed by atoms with Crippen LogP contribution in [-0.2, 0) is 12.8 Å². The van der Waals surface area contributed by atoms with Crippen LogP contribution in [0.5, 0.6) is 0 Å². The highest BCUT2D eigenvalue weighted by Crippen LogP contribution is 2.38. The minimum Gasteiger partial charge on any atom is -0.326 e. The third-order valence-electron chi connectivity index (χ3n) is 5.48. The van der Waals surface area contributed by atoms with E-state index in [9.17, 15) is 0 Å². The fourth-order valence-corrected chi connectivity index (χ4v) is 3.99. The van der Waals surface area contributed by atoms with Crippen molar-refractivity contribution in [2.24, 2.45) is 11.7 Å². The van der Waals surface area contributed by atoms with E-state index in [0.29, 0.717) is 0 Å². The quantitative estimate of drug-likeness (QED) is 0.896. The molecule has 1 fully saturated rings. The number of hydrogen-bond acceptors (Lipinski definition) is 2. The summed E-state index contributed by atoms with van der Waals surface area (Å²) in [6, 6.07) is 9.22. The highest BCUT2D eigenvalue weighted by Gasteiger charge is 2.41. The van der Waals surface area contributed by atoms with Crippen LogP contribution in [0, 0.1) is 5.92 Å². The van der Waals surface area contributed by atoms with Crippen molar-refractivity contribution >= 4 is 0 Å². The number of likely N-dealkylation sites (N-methyl/N-ethyl adjacent to an activating group) is 1. The second-order valence-corrected chi connectivity index (χ2v) is 7.18. The van der Waals surface area contributed by atoms with E-state index in [2.05, 4.69) is 57.1 Å². The maximum absolute atomic E-state index is 6.71. The zero-order chi connectivity index (χ0) is 15.5. The molecule has 0 saturated heterocycles. The van der Waals surface area contributed by atoms with Crippen LogP contribution in [0.1, 0.15) is 50.7 Å². The molecule has 3 atom stereocenters. The van der Waals surface area contributed by atoms with Crippen LogP contribution in [0.25, 0.3) is 0 Å². The highest BCUT2D eigenvalue weighted by molar-refractivity contribution is 5.24. The molecule has 1 saturated carbocycles. The molecular weight excluding hydrogens is 256 g/mol. The van der Waals surface area contributed by atoms with Gasteiger partial charge in [0.1, 0.15) is 0 Å². The average Bonchev–Trinajstić information content (AvgIpc) is 2.47. The van der Waals surface area contributed by atoms with Gasteiger partial charge in [0.15, 0.2) is 0 Å². The smallest absolute Gasteiger partial charge is 0.0360 e. The third kappa shape index (κ3) is 3.67. The molecule has 118 valence electrons. The molecule has 1 aliphatic carbocycles. The summed E-state index contributed by atoms with van der Waals surface area (Å²) in [4.78, 5) is 2.40. The molecule has 3 unspecified atom stereocenters. The minimum absolute atomic E-state index is 0.168. The van der Waals surface area contributed by atoms with Gasteiger partial charge in [0.05, 0.1) is 0 Å². The first kappa shape index (κ1) is 16.5. The topological polar surface area (TPSA) is 29.3 Å². The molecule has 1 aromatic carbocycles. The Bertz CT molecular complexity index is 437. The van der Waals surface area contributed by atoms with Gasteiger partial charge in [0.25, 0.3) is 0 Å². The summed E-state index contributed by atoms with van der Waals surface area (Å²) in [6.07, 6.45) is 7.21. The van der Waals surface area contributed by atoms with E-state index in [0.717, 1.165) is 18.8 Å². The van der Waals surface area contributed by atoms with E-state index >= 15 is 0 Å². The number of nitrogens with zero attached hydrogens (tertiary/aromatic N) is 1. The SMILES string of the molecule is CCc1ccc(CC(N)C2(N(C)C)CCCC(C)C2)cc1. The molecule has 2 N–H and O–H groups in total. The van der Waals surface area contributed by atoms with Gasteiger partial charge in [-0.25, -0.2) is 0 Å². The van der Waals surface area contributed by atoms with Gasteiger partial charge in [-0.2, -0.15) is 0 Å². The maximum Gasteiger partial charge on any atom is 0.0360 e. The van der Waals surface area contributed by atoms with Gasteiger partial charge in [-0.15, -0.1) is 0 Å². The lowest BCUT2D eigenvalue weighted by Crippen LogP contribution is -2.60. The first-order valence-corrected chi connectivity index (χ1v) is 8.48. The van der Waals surface area contributed by atoms with Crippen molar-refractivity contribution in [3.8, 4) is 0 Å². The highest BCUT2D eigenvalue weighted by atomic mass is 15.2. The van der Waals surface area contributed by atoms with E-state index in [1.165, 1.54) is 36.8 Å². The van der Waals surface area contributed by atoms with Crippen molar-refractivity contribution in [1.29, 1.82) is 0 Å². The lowest BCUT2D eigenvalue weighted by molar-refractivity contribution is 0.0504. The minimum atomic E-state index is 0.168. The Labute approximate surface area is 130 Å². The zero-order valence-corrected chi connectivity index (χ0v) is 14.2. The van der Waals surface area contributed by atoms with Crippen LogP contribution < -0.4 is 5.73 Å². The summed E-state index contributed by atoms with van der Waals surface area (Å²) in [5.74, 6) is 0.787. The van der Waals surface area contributed by atoms with E-state index in [1.54, 1.807) is 0 Å². The van der Waals surface area contributed by atoms with Crippen LogP contribution in [0.2, 0.25) is 0 Å². The monoisotopic (exact) mass is 288 g/mol. The van der Waals surface area contributed by atoms with Gasteiger partial charge < -0.3 is 10.6 Å². The van der Waals surface area contributed by atoms with E-state index in [1.807, 2.05) is 0 Å². The number of benzene rings is 1. The summed E-state index contributed by atoms with van der Waals surface area (Å²) in [7, 11) is 4.41. The van der Waals surface area contributed by atoms with Crippen molar-refractivity contribution in [3.63, 3.8) is 0 Å². The van der Waals surface area contributed by atoms with Crippen molar-refractivity contribution < 1.29 is 0 Å². The van der Waals surface area contributed by atoms with E-state index in [-0.39, 0.29) is 11.6 Å². The molecule has 2 rings (SSSR count). The number of rotatable bonds is 5. The van der Waals surface area contributed by atoms with Gasteiger partial charge in [-0.05, 0) is 56.8 Å². The molecule has 2 nitrogen and oxygen atoms in total. The summed E-state index contributed by atoms with van der Waals surface area (Å²) < 4.78 is 0. The van der Waals surface area contributed by atoms with Crippen molar-refractivity contribution in [2.45, 2.75) is 64.0 Å². The maximum atomic E-state index is 6.71. The van der Waals surface area contributed by atoms with Gasteiger partial charge in [0.2, 0.25) is 0 Å². The fourth-order valence-electron chi connectivity index (χ4n) is 3.99. The molecule has 0 aliphatic heterocycles. The molecule has 2 heteroatoms. The van der Waals surface area contributed by atoms with Crippen LogP contribution in [0.3, 0.4) is 0 Å². The number of aryl methyl sites for hydroxylation is 1. The molecule has 21 heavy (non-hydrogen) atoms. The Kier molecular flexibility index (Phi) is 5.45. The third-order valence-corrected chi connectivity index (χ3v) is 5.48. The van der Waals surface area contributed by atoms with Crippen molar-refractivity contribution in [3.05, 3.63) is 35.4 Å². The first-order valence-electron chi connectivity index (χ1n) is 8.48. The van der Waals surface area contributed by atoms with Crippen molar-refractivity contribution in [2.75, 3.05) is 14.1 Å². The number of hydrogen-bond donors (Lipinski definition) is 1. The lowest BCUT2D eigenvalue weighted by Gasteiger charge is -2.49. The molecular formula is C19H32N2. The Hall–Kier alpha value is -0.860. The average molecular weight is 288 g/mol. The van der Waals surface area contributed by atoms with Crippen molar-refractivity contribution in [1.82, 2.24) is 4.90 Å². The predicted octanol–water partition coefficient (Wildman–Crippen LogP) is 3.63. The molecule has 1 aliphatic rings.